The van der Waals surface area contributed by atoms with E-state index in [0.717, 1.165) is 23.9 Å². The van der Waals surface area contributed by atoms with Crippen LogP contribution in [-0.2, 0) is 11.3 Å². The van der Waals surface area contributed by atoms with E-state index in [1.54, 1.807) is 10.6 Å². The normalized spacial score (nSPS) is 14.9. The van der Waals surface area contributed by atoms with Crippen LogP contribution in [-0.4, -0.2) is 21.5 Å². The average Bonchev–Trinajstić information content (AvgIpc) is 3.07. The third-order valence-electron chi connectivity index (χ3n) is 3.00. The summed E-state index contributed by atoms with van der Waals surface area (Å²) >= 11 is 11.3. The first kappa shape index (κ1) is 11.7. The van der Waals surface area contributed by atoms with E-state index in [1.165, 1.54) is 0 Å². The van der Waals surface area contributed by atoms with Gasteiger partial charge in [0.2, 0.25) is 5.91 Å². The smallest absolute Gasteiger partial charge is 0.240 e. The number of H-pyrrole nitrogens is 1. The standard InChI is InChI=1S/C12H12ClN3OS/c13-8-2-1-3-9-11(8)15-12(18)16(9)6-10(17)14-7-4-5-7/h1-3,7H,4-6H2,(H,14,17)(H,15,18). The average molecular weight is 282 g/mol. The number of carbonyl (C=O) groups is 1. The number of hydrogen-bond donors (Lipinski definition) is 2. The Bertz CT molecular complexity index is 672. The summed E-state index contributed by atoms with van der Waals surface area (Å²) in [5.74, 6) is -0.00512. The molecule has 1 fully saturated rings. The lowest BCUT2D eigenvalue weighted by atomic mass is 10.3. The predicted molar refractivity (Wildman–Crippen MR) is 73.3 cm³/mol. The van der Waals surface area contributed by atoms with Crippen LogP contribution in [0.25, 0.3) is 11.0 Å². The molecule has 94 valence electrons. The van der Waals surface area contributed by atoms with Crippen LogP contribution in [0.2, 0.25) is 5.02 Å². The quantitative estimate of drug-likeness (QED) is 0.850. The van der Waals surface area contributed by atoms with Gasteiger partial charge in [-0.15, -0.1) is 0 Å². The lowest BCUT2D eigenvalue weighted by molar-refractivity contribution is -0.121. The van der Waals surface area contributed by atoms with Gasteiger partial charge in [0.25, 0.3) is 0 Å². The second kappa shape index (κ2) is 4.40. The fourth-order valence-electron chi connectivity index (χ4n) is 1.95. The zero-order chi connectivity index (χ0) is 12.7. The highest BCUT2D eigenvalue weighted by atomic mass is 35.5. The first-order valence-electron chi connectivity index (χ1n) is 5.81. The zero-order valence-corrected chi connectivity index (χ0v) is 11.1. The van der Waals surface area contributed by atoms with E-state index in [-0.39, 0.29) is 12.5 Å². The molecule has 2 aromatic rings. The third kappa shape index (κ3) is 2.15. The first-order chi connectivity index (χ1) is 8.65. The van der Waals surface area contributed by atoms with Crippen molar-refractivity contribution < 1.29 is 4.79 Å². The fraction of sp³-hybridized carbons (Fsp3) is 0.333. The van der Waals surface area contributed by atoms with Crippen molar-refractivity contribution in [2.45, 2.75) is 25.4 Å². The van der Waals surface area contributed by atoms with Crippen LogP contribution in [0.5, 0.6) is 0 Å². The SMILES string of the molecule is O=C(Cn1c(=S)[nH]c2c(Cl)cccc21)NC1CC1. The molecule has 2 N–H and O–H groups in total. The van der Waals surface area contributed by atoms with Gasteiger partial charge in [-0.05, 0) is 37.2 Å². The second-order valence-electron chi connectivity index (χ2n) is 4.49. The fourth-order valence-corrected chi connectivity index (χ4v) is 2.43. The molecule has 0 aliphatic heterocycles. The number of imidazole rings is 1. The van der Waals surface area contributed by atoms with Crippen molar-refractivity contribution in [3.8, 4) is 0 Å². The van der Waals surface area contributed by atoms with Crippen molar-refractivity contribution in [2.75, 3.05) is 0 Å². The number of fused-ring (bicyclic) bond motifs is 1. The Labute approximate surface area is 114 Å². The molecule has 1 amide bonds. The maximum atomic E-state index is 11.8. The van der Waals surface area contributed by atoms with Crippen LogP contribution in [0.1, 0.15) is 12.8 Å². The molecule has 0 radical (unpaired) electrons. The van der Waals surface area contributed by atoms with E-state index in [1.807, 2.05) is 12.1 Å². The van der Waals surface area contributed by atoms with Gasteiger partial charge in [-0.3, -0.25) is 4.79 Å². The molecule has 4 nitrogen and oxygen atoms in total. The highest BCUT2D eigenvalue weighted by Gasteiger charge is 2.23. The molecule has 1 aromatic heterocycles. The molecule has 3 rings (SSSR count). The van der Waals surface area contributed by atoms with E-state index < -0.39 is 0 Å². The Kier molecular flexibility index (Phi) is 2.87. The molecule has 1 heterocycles. The molecular formula is C12H12ClN3OS. The maximum Gasteiger partial charge on any atom is 0.240 e. The van der Waals surface area contributed by atoms with Gasteiger partial charge in [-0.1, -0.05) is 17.7 Å². The van der Waals surface area contributed by atoms with Crippen LogP contribution in [0.3, 0.4) is 0 Å². The summed E-state index contributed by atoms with van der Waals surface area (Å²) in [6, 6.07) is 5.91. The van der Waals surface area contributed by atoms with Gasteiger partial charge in [-0.2, -0.15) is 0 Å². The highest BCUT2D eigenvalue weighted by Crippen LogP contribution is 2.23. The number of hydrogen-bond acceptors (Lipinski definition) is 2. The number of para-hydroxylation sites is 1. The van der Waals surface area contributed by atoms with Crippen molar-refractivity contribution in [2.24, 2.45) is 0 Å². The number of aromatic amines is 1. The number of aromatic nitrogens is 2. The van der Waals surface area contributed by atoms with Crippen molar-refractivity contribution in [3.63, 3.8) is 0 Å². The van der Waals surface area contributed by atoms with Crippen LogP contribution in [0, 0.1) is 4.77 Å². The molecule has 6 heteroatoms. The van der Waals surface area contributed by atoms with Gasteiger partial charge in [0.05, 0.1) is 16.1 Å². The van der Waals surface area contributed by atoms with Crippen molar-refractivity contribution in [1.29, 1.82) is 0 Å². The summed E-state index contributed by atoms with van der Waals surface area (Å²) < 4.78 is 2.29. The summed E-state index contributed by atoms with van der Waals surface area (Å²) in [5, 5.41) is 3.56. The minimum absolute atomic E-state index is 0.00512. The van der Waals surface area contributed by atoms with Crippen LogP contribution >= 0.6 is 23.8 Å². The highest BCUT2D eigenvalue weighted by molar-refractivity contribution is 7.71. The Balaban J connectivity index is 1.95. The minimum atomic E-state index is -0.00512. The Hall–Kier alpha value is -1.33. The van der Waals surface area contributed by atoms with Crippen molar-refractivity contribution in [1.82, 2.24) is 14.9 Å². The molecule has 0 saturated heterocycles. The summed E-state index contributed by atoms with van der Waals surface area (Å²) in [4.78, 5) is 14.9. The summed E-state index contributed by atoms with van der Waals surface area (Å²) in [6.45, 7) is 0.232. The molecule has 18 heavy (non-hydrogen) atoms. The second-order valence-corrected chi connectivity index (χ2v) is 5.29. The number of amides is 1. The molecule has 0 bridgehead atoms. The molecule has 0 spiro atoms. The largest absolute Gasteiger partial charge is 0.352 e. The topological polar surface area (TPSA) is 49.8 Å². The van der Waals surface area contributed by atoms with Gasteiger partial charge in [0.1, 0.15) is 6.54 Å². The van der Waals surface area contributed by atoms with Gasteiger partial charge in [0, 0.05) is 6.04 Å². The molecular weight excluding hydrogens is 270 g/mol. The van der Waals surface area contributed by atoms with E-state index >= 15 is 0 Å². The Morgan fingerprint density at radius 3 is 3.06 bits per heavy atom. The minimum Gasteiger partial charge on any atom is -0.352 e. The molecule has 0 atom stereocenters. The van der Waals surface area contributed by atoms with Gasteiger partial charge in [-0.25, -0.2) is 0 Å². The van der Waals surface area contributed by atoms with Gasteiger partial charge >= 0.3 is 0 Å². The van der Waals surface area contributed by atoms with Gasteiger partial charge < -0.3 is 14.9 Å². The third-order valence-corrected chi connectivity index (χ3v) is 3.64. The van der Waals surface area contributed by atoms with Crippen molar-refractivity contribution in [3.05, 3.63) is 28.0 Å². The molecule has 1 saturated carbocycles. The lowest BCUT2D eigenvalue weighted by Gasteiger charge is -2.05. The summed E-state index contributed by atoms with van der Waals surface area (Å²) in [6.07, 6.45) is 2.16. The van der Waals surface area contributed by atoms with Crippen LogP contribution in [0.15, 0.2) is 18.2 Å². The number of nitrogens with zero attached hydrogens (tertiary/aromatic N) is 1. The van der Waals surface area contributed by atoms with Crippen LogP contribution in [0.4, 0.5) is 0 Å². The number of carbonyl (C=O) groups excluding carboxylic acids is 1. The molecule has 1 aromatic carbocycles. The van der Waals surface area contributed by atoms with E-state index in [2.05, 4.69) is 10.3 Å². The number of halogens is 1. The number of rotatable bonds is 3. The molecule has 1 aliphatic carbocycles. The number of nitrogens with one attached hydrogen (secondary N) is 2. The maximum absolute atomic E-state index is 11.8. The Morgan fingerprint density at radius 1 is 1.56 bits per heavy atom. The Morgan fingerprint density at radius 2 is 2.33 bits per heavy atom. The van der Waals surface area contributed by atoms with Crippen LogP contribution < -0.4 is 5.32 Å². The first-order valence-corrected chi connectivity index (χ1v) is 6.60. The zero-order valence-electron chi connectivity index (χ0n) is 9.57. The van der Waals surface area contributed by atoms with E-state index in [4.69, 9.17) is 23.8 Å². The van der Waals surface area contributed by atoms with E-state index in [0.29, 0.717) is 15.8 Å². The lowest BCUT2D eigenvalue weighted by Crippen LogP contribution is -2.29. The summed E-state index contributed by atoms with van der Waals surface area (Å²) in [5.41, 5.74) is 1.64. The molecule has 1 aliphatic rings. The predicted octanol–water partition coefficient (Wildman–Crippen LogP) is 2.63. The monoisotopic (exact) mass is 281 g/mol. The summed E-state index contributed by atoms with van der Waals surface area (Å²) in [7, 11) is 0. The van der Waals surface area contributed by atoms with Gasteiger partial charge in [0.15, 0.2) is 4.77 Å². The van der Waals surface area contributed by atoms with E-state index in [9.17, 15) is 4.79 Å². The molecule has 0 unspecified atom stereocenters. The van der Waals surface area contributed by atoms with Crippen molar-refractivity contribution >= 4 is 40.8 Å². The number of benzene rings is 1.